The summed E-state index contributed by atoms with van der Waals surface area (Å²) in [5.74, 6) is -16.4. The average Bonchev–Trinajstić information content (AvgIpc) is 0.846. The van der Waals surface area contributed by atoms with Crippen LogP contribution in [0.3, 0.4) is 0 Å². The van der Waals surface area contributed by atoms with Gasteiger partial charge in [-0.25, -0.2) is 0 Å². The summed E-state index contributed by atoms with van der Waals surface area (Å²) in [6.45, 7) is 7.80. The molecule has 2 aliphatic carbocycles. The van der Waals surface area contributed by atoms with E-state index in [0.29, 0.717) is 17.5 Å². The lowest BCUT2D eigenvalue weighted by atomic mass is 9.83. The zero-order valence-corrected chi connectivity index (χ0v) is 56.2. The van der Waals surface area contributed by atoms with E-state index in [1.54, 1.807) is 88.4 Å². The molecule has 28 nitrogen and oxygen atoms in total. The van der Waals surface area contributed by atoms with Crippen molar-refractivity contribution < 1.29 is 82.4 Å². The van der Waals surface area contributed by atoms with E-state index >= 15 is 9.59 Å². The Bertz CT molecular complexity index is 2980. The number of nitrogens with one attached hydrogen (secondary N) is 9. The van der Waals surface area contributed by atoms with Crippen LogP contribution in [0.5, 0.6) is 0 Å². The standard InChI is InChI=1S/C67H97N11O17S/c1-6-38(4)56(76-66(94)57(54(42-24-15-9-16-25-42)43-26-17-10-18-27-43)77-59(87)44(29-30-51(80)81)70-62(90)47(34-52(82)83)69-39(5)79)65(93)73-46(33-41-22-13-8-14-23-41)61(89)74-49(36-96)67(95)78-31-19-28-50(78)64(92)72-45(32-40-20-11-7-12-21-40)60(88)71-48(35-53(84)85)63(91)75-55(37(2)3)58(68)86/h9-10,15-18,24-27,37-38,40-41,44-50,54-57,96H,6-8,11-14,19-23,28-36H2,1-5H3,(H2,68,86)(H,69,79)(H,70,90)(H,71,88)(H,72,92)(H,73,93)(H,74,89)(H,75,91)(H,76,94)(H,77,87)(H,80,81)(H,82,83)(H,84,85)/t38?,44-,45-,46-,47-,48-,49-,50+,55-,56-,57-/m0/s1. The summed E-state index contributed by atoms with van der Waals surface area (Å²) < 4.78 is 0. The van der Waals surface area contributed by atoms with E-state index in [0.717, 1.165) is 71.1 Å². The monoisotopic (exact) mass is 1360 g/mol. The fraction of sp³-hybridized carbons (Fsp3) is 0.612. The molecule has 14 N–H and O–H groups in total. The topological polar surface area (TPSA) is 437 Å². The van der Waals surface area contributed by atoms with Crippen LogP contribution in [0.1, 0.15) is 174 Å². The number of nitrogens with two attached hydrogens (primary N) is 1. The number of aliphatic carboxylic acids is 3. The molecule has 2 aromatic carbocycles. The highest BCUT2D eigenvalue weighted by molar-refractivity contribution is 7.80. The lowest BCUT2D eigenvalue weighted by Gasteiger charge is -2.34. The number of carbonyl (C=O) groups excluding carboxylic acids is 11. The highest BCUT2D eigenvalue weighted by Gasteiger charge is 2.43. The van der Waals surface area contributed by atoms with Crippen LogP contribution in [-0.2, 0) is 67.1 Å². The number of hydrogen-bond acceptors (Lipinski definition) is 15. The third kappa shape index (κ3) is 24.2. The first-order valence-corrected chi connectivity index (χ1v) is 33.9. The third-order valence-corrected chi connectivity index (χ3v) is 18.5. The molecule has 2 saturated carbocycles. The molecule has 3 aliphatic rings. The summed E-state index contributed by atoms with van der Waals surface area (Å²) in [7, 11) is 0. The molecule has 1 unspecified atom stereocenters. The van der Waals surface area contributed by atoms with Crippen molar-refractivity contribution in [1.82, 2.24) is 52.8 Å². The van der Waals surface area contributed by atoms with Crippen molar-refractivity contribution in [2.24, 2.45) is 29.4 Å². The number of carbonyl (C=O) groups is 14. The van der Waals surface area contributed by atoms with E-state index < -0.39 is 187 Å². The summed E-state index contributed by atoms with van der Waals surface area (Å²) in [6.07, 6.45) is 6.29. The lowest BCUT2D eigenvalue weighted by Crippen LogP contribution is -2.62. The minimum atomic E-state index is -1.72. The molecule has 0 radical (unpaired) electrons. The van der Waals surface area contributed by atoms with Crippen molar-refractivity contribution in [3.8, 4) is 0 Å². The van der Waals surface area contributed by atoms with Crippen LogP contribution in [0.2, 0.25) is 0 Å². The van der Waals surface area contributed by atoms with Crippen LogP contribution >= 0.6 is 12.6 Å². The Balaban J connectivity index is 1.44. The van der Waals surface area contributed by atoms with Crippen LogP contribution in [0.15, 0.2) is 60.7 Å². The Morgan fingerprint density at radius 2 is 0.927 bits per heavy atom. The van der Waals surface area contributed by atoms with Crippen molar-refractivity contribution in [3.63, 3.8) is 0 Å². The Kier molecular flexibility index (Phi) is 31.6. The molecule has 11 amide bonds. The summed E-state index contributed by atoms with van der Waals surface area (Å²) in [6, 6.07) is 2.63. The largest absolute Gasteiger partial charge is 0.481 e. The second-order valence-corrected chi connectivity index (χ2v) is 26.2. The first-order valence-electron chi connectivity index (χ1n) is 33.3. The van der Waals surface area contributed by atoms with Gasteiger partial charge in [0.15, 0.2) is 0 Å². The van der Waals surface area contributed by atoms with Gasteiger partial charge in [0, 0.05) is 31.6 Å². The van der Waals surface area contributed by atoms with E-state index in [4.69, 9.17) is 5.73 Å². The maximum absolute atomic E-state index is 15.4. The van der Waals surface area contributed by atoms with Gasteiger partial charge in [0.1, 0.15) is 60.4 Å². The molecular formula is C67H97N11O17S. The SMILES string of the molecule is CCC(C)[C@H](NC(=O)[C@@H](NC(=O)[C@H](CCC(=O)O)NC(=O)[C@H](CC(=O)O)NC(C)=O)C(c1ccccc1)c1ccccc1)C(=O)N[C@@H](CC1CCCCC1)C(=O)N[C@@H](CS)C(=O)N1CCC[C@@H]1C(=O)N[C@@H](CC1CCCCC1)C(=O)N[C@@H](CC(=O)O)C(=O)N[C@H](C(N)=O)C(C)C. The first-order chi connectivity index (χ1) is 45.6. The highest BCUT2D eigenvalue weighted by Crippen LogP contribution is 2.32. The molecule has 1 saturated heterocycles. The average molecular weight is 1360 g/mol. The second kappa shape index (κ2) is 38.8. The number of likely N-dealkylation sites (tertiary alicyclic amines) is 1. The van der Waals surface area contributed by atoms with Gasteiger partial charge in [0.25, 0.3) is 0 Å². The Morgan fingerprint density at radius 3 is 1.40 bits per heavy atom. The van der Waals surface area contributed by atoms with Gasteiger partial charge in [-0.1, -0.05) is 159 Å². The Hall–Kier alpha value is -8.63. The molecule has 5 rings (SSSR count). The van der Waals surface area contributed by atoms with E-state index in [9.17, 15) is 72.9 Å². The maximum Gasteiger partial charge on any atom is 0.305 e. The lowest BCUT2D eigenvalue weighted by molar-refractivity contribution is -0.143. The number of carboxylic acids is 3. The van der Waals surface area contributed by atoms with Crippen molar-refractivity contribution in [2.75, 3.05) is 12.3 Å². The molecule has 528 valence electrons. The molecule has 11 atom stereocenters. The van der Waals surface area contributed by atoms with Gasteiger partial charge in [-0.2, -0.15) is 12.6 Å². The van der Waals surface area contributed by atoms with E-state index in [2.05, 4.69) is 60.5 Å². The minimum Gasteiger partial charge on any atom is -0.481 e. The molecule has 29 heteroatoms. The molecule has 1 heterocycles. The summed E-state index contributed by atoms with van der Waals surface area (Å²) in [5, 5.41) is 52.6. The zero-order chi connectivity index (χ0) is 70.8. The van der Waals surface area contributed by atoms with Crippen molar-refractivity contribution >= 4 is 95.5 Å². The number of rotatable bonds is 37. The van der Waals surface area contributed by atoms with Gasteiger partial charge < -0.3 is 73.8 Å². The highest BCUT2D eigenvalue weighted by atomic mass is 32.1. The quantitative estimate of drug-likeness (QED) is 0.0431. The van der Waals surface area contributed by atoms with Gasteiger partial charge in [0.2, 0.25) is 65.0 Å². The second-order valence-electron chi connectivity index (χ2n) is 25.8. The number of nitrogens with zero attached hydrogens (tertiary/aromatic N) is 1. The molecule has 0 spiro atoms. The minimum absolute atomic E-state index is 0.0339. The van der Waals surface area contributed by atoms with Crippen LogP contribution in [0.25, 0.3) is 0 Å². The molecular weight excluding hydrogens is 1260 g/mol. The van der Waals surface area contributed by atoms with Gasteiger partial charge in [-0.3, -0.25) is 67.1 Å². The number of primary amides is 1. The van der Waals surface area contributed by atoms with Crippen molar-refractivity contribution in [2.45, 2.75) is 223 Å². The van der Waals surface area contributed by atoms with Crippen LogP contribution in [-0.4, -0.2) is 176 Å². The van der Waals surface area contributed by atoms with Gasteiger partial charge >= 0.3 is 17.9 Å². The smallest absolute Gasteiger partial charge is 0.305 e. The Morgan fingerprint density at radius 1 is 0.500 bits per heavy atom. The summed E-state index contributed by atoms with van der Waals surface area (Å²) in [4.78, 5) is 192. The third-order valence-electron chi connectivity index (χ3n) is 18.1. The maximum atomic E-state index is 15.4. The Labute approximate surface area is 564 Å². The fourth-order valence-electron chi connectivity index (χ4n) is 12.8. The van der Waals surface area contributed by atoms with Gasteiger partial charge in [0.05, 0.1) is 12.8 Å². The molecule has 3 fully saturated rings. The molecule has 2 aromatic rings. The fourth-order valence-corrected chi connectivity index (χ4v) is 13.0. The number of amides is 11. The summed E-state index contributed by atoms with van der Waals surface area (Å²) in [5.41, 5.74) is 6.51. The van der Waals surface area contributed by atoms with Gasteiger partial charge in [-0.05, 0) is 66.9 Å². The van der Waals surface area contributed by atoms with E-state index in [-0.39, 0.29) is 49.8 Å². The molecule has 0 aromatic heterocycles. The zero-order valence-electron chi connectivity index (χ0n) is 55.3. The van der Waals surface area contributed by atoms with E-state index in [1.165, 1.54) is 4.90 Å². The van der Waals surface area contributed by atoms with Crippen molar-refractivity contribution in [1.29, 1.82) is 0 Å². The molecule has 1 aliphatic heterocycles. The normalized spacial score (nSPS) is 18.2. The van der Waals surface area contributed by atoms with Crippen LogP contribution in [0.4, 0.5) is 0 Å². The predicted octanol–water partition coefficient (Wildman–Crippen LogP) is 2.06. The summed E-state index contributed by atoms with van der Waals surface area (Å²) >= 11 is 4.48. The van der Waals surface area contributed by atoms with Crippen LogP contribution in [0, 0.1) is 23.7 Å². The first kappa shape index (κ1) is 78.1. The number of carboxylic acid groups (broad SMARTS) is 3. The van der Waals surface area contributed by atoms with Crippen molar-refractivity contribution in [3.05, 3.63) is 71.8 Å². The molecule has 96 heavy (non-hydrogen) atoms. The predicted molar refractivity (Wildman–Crippen MR) is 354 cm³/mol. The number of benzene rings is 2. The van der Waals surface area contributed by atoms with Gasteiger partial charge in [-0.15, -0.1) is 0 Å². The van der Waals surface area contributed by atoms with E-state index in [1.807, 2.05) is 0 Å². The molecule has 0 bridgehead atoms. The number of hydrogen-bond donors (Lipinski definition) is 14. The number of thiol groups is 1. The van der Waals surface area contributed by atoms with Crippen LogP contribution < -0.4 is 53.6 Å².